The van der Waals surface area contributed by atoms with Gasteiger partial charge < -0.3 is 30.1 Å². The molecule has 2 unspecified atom stereocenters. The lowest BCUT2D eigenvalue weighted by atomic mass is 10.0. The quantitative estimate of drug-likeness (QED) is 0.447. The minimum absolute atomic E-state index is 0.0694. The van der Waals surface area contributed by atoms with Gasteiger partial charge in [0.25, 0.3) is 0 Å². The van der Waals surface area contributed by atoms with Crippen LogP contribution in [-0.2, 0) is 23.9 Å². The van der Waals surface area contributed by atoms with E-state index in [1.807, 2.05) is 0 Å². The second-order valence-corrected chi connectivity index (χ2v) is 8.08. The van der Waals surface area contributed by atoms with Crippen LogP contribution in [0.1, 0.15) is 44.9 Å². The van der Waals surface area contributed by atoms with Gasteiger partial charge in [0.15, 0.2) is 0 Å². The Kier molecular flexibility index (Phi) is 10.5. The van der Waals surface area contributed by atoms with Crippen molar-refractivity contribution in [2.75, 3.05) is 26.8 Å². The standard InChI is InChI=1S/C23H33N3O7/c1-7-15-10-9-11-16(12-15)19(20(29)24-13-18(28)32-6)26(8-2)21(30)17(14-27)25-22(31)33-23(3,4)5/h7,9-12,17,19,27H,1,8,13-14H2,2-6H3,(H,24,29)(H,25,31). The van der Waals surface area contributed by atoms with Gasteiger partial charge in [0.05, 0.1) is 13.7 Å². The zero-order valence-electron chi connectivity index (χ0n) is 19.7. The van der Waals surface area contributed by atoms with Crippen molar-refractivity contribution in [1.82, 2.24) is 15.5 Å². The van der Waals surface area contributed by atoms with Gasteiger partial charge >= 0.3 is 12.1 Å². The second kappa shape index (κ2) is 12.6. The van der Waals surface area contributed by atoms with E-state index in [9.17, 15) is 24.3 Å². The van der Waals surface area contributed by atoms with E-state index in [2.05, 4.69) is 21.9 Å². The lowest BCUT2D eigenvalue weighted by Crippen LogP contribution is -2.54. The topological polar surface area (TPSA) is 134 Å². The Balaban J connectivity index is 3.28. The number of ether oxygens (including phenoxy) is 2. The van der Waals surface area contributed by atoms with E-state index >= 15 is 0 Å². The van der Waals surface area contributed by atoms with E-state index in [1.54, 1.807) is 58.0 Å². The SMILES string of the molecule is C=Cc1cccc(C(C(=O)NCC(=O)OC)N(CC)C(=O)C(CO)NC(=O)OC(C)(C)C)c1. The van der Waals surface area contributed by atoms with Crippen molar-refractivity contribution in [3.8, 4) is 0 Å². The maximum atomic E-state index is 13.3. The molecule has 1 rings (SSSR count). The van der Waals surface area contributed by atoms with Crippen LogP contribution in [0.2, 0.25) is 0 Å². The highest BCUT2D eigenvalue weighted by molar-refractivity contribution is 5.93. The van der Waals surface area contributed by atoms with Crippen LogP contribution in [-0.4, -0.2) is 72.3 Å². The van der Waals surface area contributed by atoms with Crippen LogP contribution in [0.3, 0.4) is 0 Å². The lowest BCUT2D eigenvalue weighted by Gasteiger charge is -2.33. The Labute approximate surface area is 193 Å². The molecule has 0 aliphatic carbocycles. The Morgan fingerprint density at radius 2 is 1.91 bits per heavy atom. The number of benzene rings is 1. The predicted octanol–water partition coefficient (Wildman–Crippen LogP) is 1.39. The van der Waals surface area contributed by atoms with Crippen LogP contribution in [0.5, 0.6) is 0 Å². The highest BCUT2D eigenvalue weighted by Gasteiger charge is 2.35. The Bertz CT molecular complexity index is 864. The first-order valence-electron chi connectivity index (χ1n) is 10.4. The van der Waals surface area contributed by atoms with Crippen LogP contribution in [0.25, 0.3) is 6.08 Å². The van der Waals surface area contributed by atoms with Gasteiger partial charge in [-0.05, 0) is 44.9 Å². The van der Waals surface area contributed by atoms with Crippen molar-refractivity contribution in [3.63, 3.8) is 0 Å². The molecule has 0 heterocycles. The fourth-order valence-corrected chi connectivity index (χ4v) is 2.96. The first kappa shape index (κ1) is 27.6. The molecule has 3 N–H and O–H groups in total. The van der Waals surface area contributed by atoms with Gasteiger partial charge in [-0.3, -0.25) is 14.4 Å². The van der Waals surface area contributed by atoms with Crippen LogP contribution in [0.15, 0.2) is 30.8 Å². The third-order valence-electron chi connectivity index (χ3n) is 4.45. The smallest absolute Gasteiger partial charge is 0.408 e. The number of methoxy groups -OCH3 is 1. The molecule has 3 amide bonds. The number of esters is 1. The summed E-state index contributed by atoms with van der Waals surface area (Å²) in [7, 11) is 1.19. The molecule has 0 aliphatic rings. The molecule has 1 aromatic rings. The number of nitrogens with zero attached hydrogens (tertiary/aromatic N) is 1. The van der Waals surface area contributed by atoms with Crippen LogP contribution in [0, 0.1) is 0 Å². The van der Waals surface area contributed by atoms with E-state index in [0.717, 1.165) is 0 Å². The fraction of sp³-hybridized carbons (Fsp3) is 0.478. The van der Waals surface area contributed by atoms with Crippen molar-refractivity contribution in [2.24, 2.45) is 0 Å². The summed E-state index contributed by atoms with van der Waals surface area (Å²) in [6, 6.07) is 4.31. The molecule has 2 atom stereocenters. The van der Waals surface area contributed by atoms with Crippen molar-refractivity contribution >= 4 is 30.0 Å². The zero-order chi connectivity index (χ0) is 25.2. The number of hydrogen-bond donors (Lipinski definition) is 3. The van der Waals surface area contributed by atoms with Gasteiger partial charge in [-0.25, -0.2) is 4.79 Å². The minimum Gasteiger partial charge on any atom is -0.468 e. The van der Waals surface area contributed by atoms with Crippen LogP contribution >= 0.6 is 0 Å². The molecule has 10 nitrogen and oxygen atoms in total. The number of aliphatic hydroxyl groups excluding tert-OH is 1. The van der Waals surface area contributed by atoms with Gasteiger partial charge in [-0.15, -0.1) is 0 Å². The normalized spacial score (nSPS) is 12.7. The molecule has 0 radical (unpaired) electrons. The molecule has 0 fully saturated rings. The molecule has 182 valence electrons. The Morgan fingerprint density at radius 3 is 2.42 bits per heavy atom. The van der Waals surface area contributed by atoms with Crippen molar-refractivity contribution < 1.29 is 33.8 Å². The number of aliphatic hydroxyl groups is 1. The molecule has 10 heteroatoms. The predicted molar refractivity (Wildman–Crippen MR) is 122 cm³/mol. The largest absolute Gasteiger partial charge is 0.468 e. The lowest BCUT2D eigenvalue weighted by molar-refractivity contribution is -0.145. The van der Waals surface area contributed by atoms with Gasteiger partial charge in [0.2, 0.25) is 11.8 Å². The molecule has 0 spiro atoms. The number of nitrogens with one attached hydrogen (secondary N) is 2. The van der Waals surface area contributed by atoms with Gasteiger partial charge in [0.1, 0.15) is 24.2 Å². The molecule has 0 bridgehead atoms. The van der Waals surface area contributed by atoms with E-state index in [0.29, 0.717) is 11.1 Å². The average molecular weight is 464 g/mol. The summed E-state index contributed by atoms with van der Waals surface area (Å²) in [5, 5.41) is 14.6. The number of alkyl carbamates (subject to hydrolysis) is 1. The summed E-state index contributed by atoms with van der Waals surface area (Å²) in [5.74, 6) is -1.99. The molecule has 33 heavy (non-hydrogen) atoms. The summed E-state index contributed by atoms with van der Waals surface area (Å²) in [6.45, 7) is 9.32. The van der Waals surface area contributed by atoms with Crippen LogP contribution in [0.4, 0.5) is 4.79 Å². The maximum absolute atomic E-state index is 13.3. The van der Waals surface area contributed by atoms with E-state index in [-0.39, 0.29) is 6.54 Å². The van der Waals surface area contributed by atoms with Crippen molar-refractivity contribution in [1.29, 1.82) is 0 Å². The number of rotatable bonds is 10. The third kappa shape index (κ3) is 8.57. The molecular formula is C23H33N3O7. The number of amides is 3. The molecule has 0 aromatic heterocycles. The van der Waals surface area contributed by atoms with E-state index < -0.39 is 54.7 Å². The number of carbonyl (C=O) groups is 4. The number of carbonyl (C=O) groups excluding carboxylic acids is 4. The Hall–Kier alpha value is -3.40. The summed E-state index contributed by atoms with van der Waals surface area (Å²) in [5.41, 5.74) is 0.366. The highest BCUT2D eigenvalue weighted by Crippen LogP contribution is 2.24. The monoisotopic (exact) mass is 463 g/mol. The summed E-state index contributed by atoms with van der Waals surface area (Å²) >= 11 is 0. The van der Waals surface area contributed by atoms with E-state index in [1.165, 1.54) is 12.0 Å². The Morgan fingerprint density at radius 1 is 1.24 bits per heavy atom. The van der Waals surface area contributed by atoms with Crippen molar-refractivity contribution in [3.05, 3.63) is 42.0 Å². The highest BCUT2D eigenvalue weighted by atomic mass is 16.6. The van der Waals surface area contributed by atoms with E-state index in [4.69, 9.17) is 4.74 Å². The van der Waals surface area contributed by atoms with Gasteiger partial charge in [-0.1, -0.05) is 30.9 Å². The summed E-state index contributed by atoms with van der Waals surface area (Å²) in [6.07, 6.45) is 0.706. The molecule has 1 aromatic carbocycles. The molecule has 0 aliphatic heterocycles. The third-order valence-corrected chi connectivity index (χ3v) is 4.45. The molecule has 0 saturated heterocycles. The van der Waals surface area contributed by atoms with Crippen molar-refractivity contribution in [2.45, 2.75) is 45.4 Å². The fourth-order valence-electron chi connectivity index (χ4n) is 2.96. The first-order chi connectivity index (χ1) is 15.5. The number of hydrogen-bond acceptors (Lipinski definition) is 7. The van der Waals surface area contributed by atoms with Gasteiger partial charge in [-0.2, -0.15) is 0 Å². The first-order valence-corrected chi connectivity index (χ1v) is 10.4. The molecular weight excluding hydrogens is 430 g/mol. The summed E-state index contributed by atoms with van der Waals surface area (Å²) < 4.78 is 9.71. The average Bonchev–Trinajstić information content (AvgIpc) is 2.77. The minimum atomic E-state index is -1.35. The summed E-state index contributed by atoms with van der Waals surface area (Å²) in [4.78, 5) is 51.2. The van der Waals surface area contributed by atoms with Crippen LogP contribution < -0.4 is 10.6 Å². The maximum Gasteiger partial charge on any atom is 0.408 e. The second-order valence-electron chi connectivity index (χ2n) is 8.08. The molecule has 0 saturated carbocycles. The zero-order valence-corrected chi connectivity index (χ0v) is 19.7. The number of likely N-dealkylation sites (N-methyl/N-ethyl adjacent to an activating group) is 1. The van der Waals surface area contributed by atoms with Gasteiger partial charge in [0, 0.05) is 6.54 Å².